The number of fused-ring (bicyclic) bond motifs is 2. The normalized spacial score (nSPS) is 16.4. The third kappa shape index (κ3) is 3.22. The lowest BCUT2D eigenvalue weighted by Gasteiger charge is -2.20. The minimum Gasteiger partial charge on any atom is -0.326 e. The van der Waals surface area contributed by atoms with Crippen LogP contribution in [-0.2, 0) is 10.3 Å². The molecule has 0 bridgehead atoms. The van der Waals surface area contributed by atoms with Gasteiger partial charge in [0, 0.05) is 17.9 Å². The maximum absolute atomic E-state index is 13.1. The minimum atomic E-state index is -0.268. The van der Waals surface area contributed by atoms with E-state index in [1.54, 1.807) is 15.4 Å². The van der Waals surface area contributed by atoms with Crippen LogP contribution in [0.1, 0.15) is 38.8 Å². The second-order valence-corrected chi connectivity index (χ2v) is 9.05. The highest BCUT2D eigenvalue weighted by molar-refractivity contribution is 7.99. The number of anilines is 1. The summed E-state index contributed by atoms with van der Waals surface area (Å²) in [6.07, 6.45) is 1.81. The standard InChI is InChI=1S/C20H23N5O2S/c1-12-7-5-6-8-15(12)22-16(26)9-13-11-28-19-23-17-14(18(27)24(13)19)10-21-25(17)20(2,3)4/h5-8,10,13H,9,11H2,1-4H3,(H,22,26). The van der Waals surface area contributed by atoms with E-state index < -0.39 is 0 Å². The molecule has 4 rings (SSSR count). The van der Waals surface area contributed by atoms with Gasteiger partial charge in [-0.2, -0.15) is 5.10 Å². The Kier molecular flexibility index (Phi) is 4.53. The van der Waals surface area contributed by atoms with Crippen molar-refractivity contribution in [1.82, 2.24) is 19.3 Å². The van der Waals surface area contributed by atoms with Gasteiger partial charge in [0.25, 0.3) is 5.56 Å². The lowest BCUT2D eigenvalue weighted by Crippen LogP contribution is -2.29. The molecule has 0 saturated heterocycles. The Hall–Kier alpha value is -2.61. The van der Waals surface area contributed by atoms with Crippen molar-refractivity contribution in [3.63, 3.8) is 0 Å². The number of carbonyl (C=O) groups is 1. The predicted molar refractivity (Wildman–Crippen MR) is 111 cm³/mol. The Labute approximate surface area is 167 Å². The first-order valence-corrected chi connectivity index (χ1v) is 10.2. The molecule has 3 aromatic rings. The lowest BCUT2D eigenvalue weighted by atomic mass is 10.1. The van der Waals surface area contributed by atoms with E-state index in [0.29, 0.717) is 21.9 Å². The summed E-state index contributed by atoms with van der Waals surface area (Å²) < 4.78 is 3.43. The molecule has 0 fully saturated rings. The Morgan fingerprint density at radius 1 is 1.32 bits per heavy atom. The number of nitrogens with one attached hydrogen (secondary N) is 1. The zero-order valence-electron chi connectivity index (χ0n) is 16.4. The van der Waals surface area contributed by atoms with Gasteiger partial charge in [-0.15, -0.1) is 0 Å². The molecule has 1 aromatic carbocycles. The molecule has 0 radical (unpaired) electrons. The third-order valence-corrected chi connectivity index (χ3v) is 5.94. The second-order valence-electron chi connectivity index (χ2n) is 8.07. The van der Waals surface area contributed by atoms with Crippen molar-refractivity contribution in [2.75, 3.05) is 11.1 Å². The largest absolute Gasteiger partial charge is 0.326 e. The fraction of sp³-hybridized carbons (Fsp3) is 0.400. The summed E-state index contributed by atoms with van der Waals surface area (Å²) in [5.74, 6) is 0.545. The van der Waals surface area contributed by atoms with E-state index in [9.17, 15) is 9.59 Å². The lowest BCUT2D eigenvalue weighted by molar-refractivity contribution is -0.116. The van der Waals surface area contributed by atoms with Crippen LogP contribution in [0.2, 0.25) is 0 Å². The number of aryl methyl sites for hydroxylation is 1. The summed E-state index contributed by atoms with van der Waals surface area (Å²) >= 11 is 1.51. The van der Waals surface area contributed by atoms with Crippen molar-refractivity contribution in [2.45, 2.75) is 50.9 Å². The highest BCUT2D eigenvalue weighted by Crippen LogP contribution is 2.34. The van der Waals surface area contributed by atoms with Crippen molar-refractivity contribution in [3.8, 4) is 0 Å². The van der Waals surface area contributed by atoms with Gasteiger partial charge in [-0.3, -0.25) is 14.2 Å². The molecule has 1 N–H and O–H groups in total. The van der Waals surface area contributed by atoms with Crippen molar-refractivity contribution in [1.29, 1.82) is 0 Å². The fourth-order valence-electron chi connectivity index (χ4n) is 3.40. The van der Waals surface area contributed by atoms with Gasteiger partial charge in [-0.1, -0.05) is 30.0 Å². The van der Waals surface area contributed by atoms with Crippen LogP contribution in [-0.4, -0.2) is 31.0 Å². The van der Waals surface area contributed by atoms with Crippen LogP contribution in [0.4, 0.5) is 5.69 Å². The number of benzene rings is 1. The number of nitrogens with zero attached hydrogens (tertiary/aromatic N) is 4. The van der Waals surface area contributed by atoms with E-state index in [0.717, 1.165) is 11.3 Å². The van der Waals surface area contributed by atoms with Gasteiger partial charge < -0.3 is 5.32 Å². The number of amides is 1. The zero-order valence-corrected chi connectivity index (χ0v) is 17.2. The molecule has 2 aromatic heterocycles. The molecule has 8 heteroatoms. The quantitative estimate of drug-likeness (QED) is 0.686. The fourth-order valence-corrected chi connectivity index (χ4v) is 4.53. The maximum atomic E-state index is 13.1. The average Bonchev–Trinajstić information content (AvgIpc) is 3.22. The predicted octanol–water partition coefficient (Wildman–Crippen LogP) is 3.33. The smallest absolute Gasteiger partial charge is 0.265 e. The molecule has 0 aliphatic carbocycles. The van der Waals surface area contributed by atoms with E-state index in [-0.39, 0.29) is 29.5 Å². The van der Waals surface area contributed by atoms with E-state index in [4.69, 9.17) is 4.98 Å². The molecule has 1 atom stereocenters. The third-order valence-electron chi connectivity index (χ3n) is 4.85. The molecule has 0 saturated carbocycles. The Morgan fingerprint density at radius 3 is 2.79 bits per heavy atom. The highest BCUT2D eigenvalue weighted by Gasteiger charge is 2.30. The van der Waals surface area contributed by atoms with Crippen LogP contribution in [0.25, 0.3) is 11.0 Å². The Balaban J connectivity index is 1.63. The zero-order chi connectivity index (χ0) is 20.1. The molecule has 1 unspecified atom stereocenters. The van der Waals surface area contributed by atoms with Crippen molar-refractivity contribution < 1.29 is 4.79 Å². The van der Waals surface area contributed by atoms with E-state index in [1.807, 2.05) is 52.0 Å². The number of rotatable bonds is 3. The van der Waals surface area contributed by atoms with Gasteiger partial charge in [0.15, 0.2) is 10.8 Å². The van der Waals surface area contributed by atoms with Gasteiger partial charge in [-0.05, 0) is 39.3 Å². The first kappa shape index (κ1) is 18.7. The van der Waals surface area contributed by atoms with Gasteiger partial charge in [0.05, 0.1) is 17.8 Å². The number of thioether (sulfide) groups is 1. The second kappa shape index (κ2) is 6.77. The SMILES string of the molecule is Cc1ccccc1NC(=O)CC1CSc2nc3c(cnn3C(C)(C)C)c(=O)n21. The van der Waals surface area contributed by atoms with Crippen LogP contribution < -0.4 is 10.9 Å². The summed E-state index contributed by atoms with van der Waals surface area (Å²) in [5.41, 5.74) is 2.00. The van der Waals surface area contributed by atoms with Crippen LogP contribution in [0, 0.1) is 6.92 Å². The number of para-hydroxylation sites is 1. The van der Waals surface area contributed by atoms with Crippen LogP contribution in [0.3, 0.4) is 0 Å². The number of hydrogen-bond acceptors (Lipinski definition) is 5. The van der Waals surface area contributed by atoms with Crippen molar-refractivity contribution >= 4 is 34.4 Å². The molecule has 1 aliphatic heterocycles. The van der Waals surface area contributed by atoms with Gasteiger partial charge >= 0.3 is 0 Å². The molecule has 3 heterocycles. The monoisotopic (exact) mass is 397 g/mol. The average molecular weight is 398 g/mol. The van der Waals surface area contributed by atoms with Crippen LogP contribution in [0.5, 0.6) is 0 Å². The first-order valence-electron chi connectivity index (χ1n) is 9.25. The van der Waals surface area contributed by atoms with E-state index in [2.05, 4.69) is 10.4 Å². The number of carbonyl (C=O) groups excluding carboxylic acids is 1. The molecule has 146 valence electrons. The topological polar surface area (TPSA) is 81.8 Å². The number of aromatic nitrogens is 4. The minimum absolute atomic E-state index is 0.106. The molecule has 0 spiro atoms. The summed E-state index contributed by atoms with van der Waals surface area (Å²) in [4.78, 5) is 30.4. The molecule has 1 amide bonds. The molecular formula is C20H23N5O2S. The van der Waals surface area contributed by atoms with E-state index in [1.165, 1.54) is 11.8 Å². The molecular weight excluding hydrogens is 374 g/mol. The molecule has 28 heavy (non-hydrogen) atoms. The van der Waals surface area contributed by atoms with Gasteiger partial charge in [0.2, 0.25) is 5.91 Å². The summed E-state index contributed by atoms with van der Waals surface area (Å²) in [5, 5.41) is 8.46. The highest BCUT2D eigenvalue weighted by atomic mass is 32.2. The summed E-state index contributed by atoms with van der Waals surface area (Å²) in [6.45, 7) is 8.03. The van der Waals surface area contributed by atoms with Crippen molar-refractivity contribution in [2.24, 2.45) is 0 Å². The van der Waals surface area contributed by atoms with Gasteiger partial charge in [0.1, 0.15) is 5.39 Å². The molecule has 1 aliphatic rings. The number of hydrogen-bond donors (Lipinski definition) is 1. The summed E-state index contributed by atoms with van der Waals surface area (Å²) in [6, 6.07) is 7.44. The van der Waals surface area contributed by atoms with Gasteiger partial charge in [-0.25, -0.2) is 9.67 Å². The first-order chi connectivity index (χ1) is 13.3. The molecule has 7 nitrogen and oxygen atoms in total. The van der Waals surface area contributed by atoms with E-state index >= 15 is 0 Å². The van der Waals surface area contributed by atoms with Crippen LogP contribution in [0.15, 0.2) is 40.4 Å². The Morgan fingerprint density at radius 2 is 2.07 bits per heavy atom. The van der Waals surface area contributed by atoms with Crippen LogP contribution >= 0.6 is 11.8 Å². The maximum Gasteiger partial charge on any atom is 0.265 e. The van der Waals surface area contributed by atoms with Crippen molar-refractivity contribution in [3.05, 3.63) is 46.4 Å². The summed E-state index contributed by atoms with van der Waals surface area (Å²) in [7, 11) is 0. The Bertz CT molecular complexity index is 1130.